The van der Waals surface area contributed by atoms with Crippen molar-refractivity contribution in [3.63, 3.8) is 0 Å². The summed E-state index contributed by atoms with van der Waals surface area (Å²) in [6.07, 6.45) is 4.49. The van der Waals surface area contributed by atoms with Crippen molar-refractivity contribution in [3.05, 3.63) is 35.9 Å². The van der Waals surface area contributed by atoms with Crippen LogP contribution in [0.2, 0.25) is 0 Å². The summed E-state index contributed by atoms with van der Waals surface area (Å²) in [5, 5.41) is 0. The largest absolute Gasteiger partial charge is 0.368 e. The third-order valence-corrected chi connectivity index (χ3v) is 5.56. The van der Waals surface area contributed by atoms with Crippen molar-refractivity contribution in [2.24, 2.45) is 11.1 Å². The van der Waals surface area contributed by atoms with E-state index in [-0.39, 0.29) is 24.5 Å². The van der Waals surface area contributed by atoms with Crippen LogP contribution in [0.5, 0.6) is 0 Å². The summed E-state index contributed by atoms with van der Waals surface area (Å²) in [5.41, 5.74) is 6.63. The van der Waals surface area contributed by atoms with Crippen molar-refractivity contribution in [2.45, 2.75) is 25.7 Å². The molecule has 6 nitrogen and oxygen atoms in total. The van der Waals surface area contributed by atoms with Gasteiger partial charge in [0.25, 0.3) is 0 Å². The molecule has 0 saturated carbocycles. The van der Waals surface area contributed by atoms with Gasteiger partial charge in [0.05, 0.1) is 0 Å². The molecular weight excluding hydrogens is 330 g/mol. The van der Waals surface area contributed by atoms with E-state index in [0.717, 1.165) is 45.6 Å². The molecule has 3 rings (SSSR count). The predicted octanol–water partition coefficient (Wildman–Crippen LogP) is 1.05. The average molecular weight is 359 g/mol. The maximum absolute atomic E-state index is 12.3. The molecule has 1 spiro atoms. The quantitative estimate of drug-likeness (QED) is 0.789. The summed E-state index contributed by atoms with van der Waals surface area (Å²) in [6, 6.07) is 10.6. The molecule has 1 atom stereocenters. The van der Waals surface area contributed by atoms with Crippen LogP contribution in [0.1, 0.15) is 24.8 Å². The number of benzene rings is 1. The molecule has 0 radical (unpaired) electrons. The van der Waals surface area contributed by atoms with E-state index in [1.165, 1.54) is 18.4 Å². The standard InChI is InChI=1S/C20H29N3O3/c21-18(24)13-26-14-19(25)23-12-9-20(16-23)8-4-10-22(15-20)11-7-17-5-2-1-3-6-17/h1-3,5-6H,4,7-16H2,(H2,21,24)/t20-/m1/s1. The van der Waals surface area contributed by atoms with Gasteiger partial charge in [0.2, 0.25) is 11.8 Å². The first-order valence-corrected chi connectivity index (χ1v) is 9.46. The molecule has 2 amide bonds. The average Bonchev–Trinajstić information content (AvgIpc) is 3.04. The number of amides is 2. The second kappa shape index (κ2) is 8.64. The fourth-order valence-electron chi connectivity index (χ4n) is 4.24. The number of hydrogen-bond acceptors (Lipinski definition) is 4. The van der Waals surface area contributed by atoms with Crippen LogP contribution >= 0.6 is 0 Å². The van der Waals surface area contributed by atoms with Gasteiger partial charge in [0, 0.05) is 31.6 Å². The van der Waals surface area contributed by atoms with Gasteiger partial charge in [-0.3, -0.25) is 9.59 Å². The van der Waals surface area contributed by atoms with E-state index in [9.17, 15) is 9.59 Å². The Kier molecular flexibility index (Phi) is 6.27. The highest BCUT2D eigenvalue weighted by atomic mass is 16.5. The van der Waals surface area contributed by atoms with Crippen molar-refractivity contribution in [1.82, 2.24) is 9.80 Å². The van der Waals surface area contributed by atoms with Gasteiger partial charge in [-0.05, 0) is 37.8 Å². The monoisotopic (exact) mass is 359 g/mol. The molecule has 6 heteroatoms. The van der Waals surface area contributed by atoms with Gasteiger partial charge in [0.15, 0.2) is 0 Å². The van der Waals surface area contributed by atoms with Crippen LogP contribution in [0.25, 0.3) is 0 Å². The van der Waals surface area contributed by atoms with Gasteiger partial charge < -0.3 is 20.3 Å². The zero-order valence-corrected chi connectivity index (χ0v) is 15.4. The zero-order chi connectivity index (χ0) is 18.4. The summed E-state index contributed by atoms with van der Waals surface area (Å²) in [6.45, 7) is 4.60. The molecule has 142 valence electrons. The minimum atomic E-state index is -0.544. The first-order valence-electron chi connectivity index (χ1n) is 9.46. The number of piperidine rings is 1. The molecule has 0 bridgehead atoms. The molecule has 2 aliphatic heterocycles. The Bertz CT molecular complexity index is 622. The van der Waals surface area contributed by atoms with Gasteiger partial charge in [0.1, 0.15) is 13.2 Å². The summed E-state index contributed by atoms with van der Waals surface area (Å²) >= 11 is 0. The van der Waals surface area contributed by atoms with Crippen molar-refractivity contribution in [3.8, 4) is 0 Å². The first-order chi connectivity index (χ1) is 12.6. The van der Waals surface area contributed by atoms with E-state index in [1.54, 1.807) is 0 Å². The van der Waals surface area contributed by atoms with Crippen LogP contribution in [0.15, 0.2) is 30.3 Å². The minimum Gasteiger partial charge on any atom is -0.368 e. The lowest BCUT2D eigenvalue weighted by Gasteiger charge is -2.40. The topological polar surface area (TPSA) is 75.9 Å². The highest BCUT2D eigenvalue weighted by molar-refractivity contribution is 5.79. The van der Waals surface area contributed by atoms with Gasteiger partial charge >= 0.3 is 0 Å². The highest BCUT2D eigenvalue weighted by Gasteiger charge is 2.42. The van der Waals surface area contributed by atoms with Gasteiger partial charge in [-0.2, -0.15) is 0 Å². The SMILES string of the molecule is NC(=O)COCC(=O)N1CC[C@@]2(CCCN(CCc3ccccc3)C2)C1. The summed E-state index contributed by atoms with van der Waals surface area (Å²) < 4.78 is 5.08. The number of nitrogens with zero attached hydrogens (tertiary/aromatic N) is 2. The van der Waals surface area contributed by atoms with E-state index < -0.39 is 5.91 Å². The summed E-state index contributed by atoms with van der Waals surface area (Å²) in [5.74, 6) is -0.582. The van der Waals surface area contributed by atoms with Crippen LogP contribution in [-0.4, -0.2) is 67.6 Å². The number of hydrogen-bond donors (Lipinski definition) is 1. The number of likely N-dealkylation sites (tertiary alicyclic amines) is 2. The molecule has 1 aromatic carbocycles. The second-order valence-electron chi connectivity index (χ2n) is 7.64. The number of ether oxygens (including phenoxy) is 1. The van der Waals surface area contributed by atoms with Gasteiger partial charge in [-0.1, -0.05) is 30.3 Å². The van der Waals surface area contributed by atoms with E-state index in [0.29, 0.717) is 0 Å². The molecule has 1 aromatic rings. The maximum atomic E-state index is 12.3. The molecule has 0 aliphatic carbocycles. The number of primary amides is 1. The Labute approximate surface area is 155 Å². The van der Waals surface area contributed by atoms with Gasteiger partial charge in [-0.25, -0.2) is 0 Å². The zero-order valence-electron chi connectivity index (χ0n) is 15.4. The van der Waals surface area contributed by atoms with Crippen LogP contribution in [0, 0.1) is 5.41 Å². The molecule has 2 heterocycles. The summed E-state index contributed by atoms with van der Waals surface area (Å²) in [4.78, 5) is 27.4. The lowest BCUT2D eigenvalue weighted by Crippen LogP contribution is -2.46. The lowest BCUT2D eigenvalue weighted by molar-refractivity contribution is -0.137. The highest BCUT2D eigenvalue weighted by Crippen LogP contribution is 2.39. The fourth-order valence-corrected chi connectivity index (χ4v) is 4.24. The van der Waals surface area contributed by atoms with Crippen LogP contribution in [0.3, 0.4) is 0 Å². The Morgan fingerprint density at radius 1 is 1.08 bits per heavy atom. The predicted molar refractivity (Wildman–Crippen MR) is 99.5 cm³/mol. The summed E-state index contributed by atoms with van der Waals surface area (Å²) in [7, 11) is 0. The second-order valence-corrected chi connectivity index (χ2v) is 7.64. The minimum absolute atomic E-state index is 0.0375. The molecule has 2 N–H and O–H groups in total. The Morgan fingerprint density at radius 2 is 1.88 bits per heavy atom. The molecule has 0 aromatic heterocycles. The van der Waals surface area contributed by atoms with E-state index >= 15 is 0 Å². The van der Waals surface area contributed by atoms with Gasteiger partial charge in [-0.15, -0.1) is 0 Å². The van der Waals surface area contributed by atoms with E-state index in [1.807, 2.05) is 4.90 Å². The van der Waals surface area contributed by atoms with Crippen molar-refractivity contribution in [2.75, 3.05) is 45.9 Å². The van der Waals surface area contributed by atoms with Crippen molar-refractivity contribution < 1.29 is 14.3 Å². The molecular formula is C20H29N3O3. The third-order valence-electron chi connectivity index (χ3n) is 5.56. The molecule has 2 fully saturated rings. The van der Waals surface area contributed by atoms with Crippen molar-refractivity contribution >= 4 is 11.8 Å². The Morgan fingerprint density at radius 3 is 2.65 bits per heavy atom. The van der Waals surface area contributed by atoms with Crippen LogP contribution in [-0.2, 0) is 20.7 Å². The Hall–Kier alpha value is -1.92. The fraction of sp³-hybridized carbons (Fsp3) is 0.600. The van der Waals surface area contributed by atoms with E-state index in [4.69, 9.17) is 10.5 Å². The normalized spacial score (nSPS) is 23.5. The number of nitrogens with two attached hydrogens (primary N) is 1. The first kappa shape index (κ1) is 18.9. The van der Waals surface area contributed by atoms with Crippen LogP contribution in [0.4, 0.5) is 0 Å². The Balaban J connectivity index is 1.47. The molecule has 2 saturated heterocycles. The van der Waals surface area contributed by atoms with E-state index in [2.05, 4.69) is 35.2 Å². The van der Waals surface area contributed by atoms with Crippen molar-refractivity contribution in [1.29, 1.82) is 0 Å². The molecule has 0 unspecified atom stereocenters. The maximum Gasteiger partial charge on any atom is 0.248 e. The number of rotatable bonds is 7. The lowest BCUT2D eigenvalue weighted by atomic mass is 9.79. The van der Waals surface area contributed by atoms with Crippen LogP contribution < -0.4 is 5.73 Å². The molecule has 26 heavy (non-hydrogen) atoms. The smallest absolute Gasteiger partial charge is 0.248 e. The third kappa shape index (κ3) is 5.05. The molecule has 2 aliphatic rings. The number of carbonyl (C=O) groups is 2. The number of carbonyl (C=O) groups excluding carboxylic acids is 2.